The summed E-state index contributed by atoms with van der Waals surface area (Å²) in [7, 11) is 0. The van der Waals surface area contributed by atoms with Crippen LogP contribution < -0.4 is 16.4 Å². The van der Waals surface area contributed by atoms with E-state index >= 15 is 0 Å². The molecule has 0 saturated carbocycles. The standard InChI is InChI=1S/C28H44N4O7/c1-9-28(7,8)32(25(36)20(17-21(29)33)31-26(37)39-27(4,5)6)23(19-13-11-12-18(3)16-19)24(35)30-15-14-22(34)38-10-2/h11-13,16,20,23H,9-10,14-15,17H2,1-8H3,(H2,29,33)(H,30,35)(H,31,37). The number of hydrogen-bond donors (Lipinski definition) is 3. The fourth-order valence-electron chi connectivity index (χ4n) is 3.84. The van der Waals surface area contributed by atoms with Crippen LogP contribution in [0.3, 0.4) is 0 Å². The Morgan fingerprint density at radius 1 is 1.05 bits per heavy atom. The zero-order valence-corrected chi connectivity index (χ0v) is 24.4. The van der Waals surface area contributed by atoms with E-state index in [9.17, 15) is 24.0 Å². The molecule has 0 bridgehead atoms. The van der Waals surface area contributed by atoms with Crippen molar-refractivity contribution < 1.29 is 33.4 Å². The van der Waals surface area contributed by atoms with E-state index in [2.05, 4.69) is 10.6 Å². The summed E-state index contributed by atoms with van der Waals surface area (Å²) < 4.78 is 10.2. The average molecular weight is 549 g/mol. The van der Waals surface area contributed by atoms with Crippen LogP contribution in [0.5, 0.6) is 0 Å². The highest BCUT2D eigenvalue weighted by Crippen LogP contribution is 2.33. The largest absolute Gasteiger partial charge is 0.466 e. The van der Waals surface area contributed by atoms with E-state index in [4.69, 9.17) is 15.2 Å². The second-order valence-corrected chi connectivity index (χ2v) is 10.9. The van der Waals surface area contributed by atoms with E-state index in [1.807, 2.05) is 19.9 Å². The predicted molar refractivity (Wildman–Crippen MR) is 146 cm³/mol. The van der Waals surface area contributed by atoms with Crippen LogP contribution in [0.2, 0.25) is 0 Å². The lowest BCUT2D eigenvalue weighted by atomic mass is 9.91. The first kappa shape index (κ1) is 33.4. The SMILES string of the molecule is CCOC(=O)CCNC(=O)C(c1cccc(C)c1)N(C(=O)C(CC(N)=O)NC(=O)OC(C)(C)C)C(C)(C)CC. The molecule has 0 spiro atoms. The van der Waals surface area contributed by atoms with Crippen LogP contribution in [0.15, 0.2) is 24.3 Å². The Labute approximate surface area is 231 Å². The van der Waals surface area contributed by atoms with Crippen molar-refractivity contribution >= 4 is 29.8 Å². The maximum atomic E-state index is 14.2. The minimum Gasteiger partial charge on any atom is -0.466 e. The van der Waals surface area contributed by atoms with Crippen LogP contribution in [-0.2, 0) is 28.7 Å². The molecule has 0 heterocycles. The number of carbonyl (C=O) groups excluding carboxylic acids is 5. The Balaban J connectivity index is 3.56. The quantitative estimate of drug-likeness (QED) is 0.320. The first-order chi connectivity index (χ1) is 18.0. The number of alkyl carbamates (subject to hydrolysis) is 1. The molecule has 2 atom stereocenters. The highest BCUT2D eigenvalue weighted by atomic mass is 16.6. The summed E-state index contributed by atoms with van der Waals surface area (Å²) >= 11 is 0. The van der Waals surface area contributed by atoms with Crippen LogP contribution in [0, 0.1) is 6.92 Å². The zero-order chi connectivity index (χ0) is 30.0. The van der Waals surface area contributed by atoms with Gasteiger partial charge in [0.05, 0.1) is 19.4 Å². The molecule has 0 saturated heterocycles. The number of rotatable bonds is 13. The number of benzene rings is 1. The van der Waals surface area contributed by atoms with Gasteiger partial charge in [0, 0.05) is 12.1 Å². The van der Waals surface area contributed by atoms with Gasteiger partial charge in [0.25, 0.3) is 0 Å². The van der Waals surface area contributed by atoms with Crippen molar-refractivity contribution in [2.24, 2.45) is 5.73 Å². The molecule has 0 aliphatic rings. The summed E-state index contributed by atoms with van der Waals surface area (Å²) in [6, 6.07) is 4.60. The van der Waals surface area contributed by atoms with Gasteiger partial charge in [-0.25, -0.2) is 4.79 Å². The predicted octanol–water partition coefficient (Wildman–Crippen LogP) is 2.89. The van der Waals surface area contributed by atoms with Gasteiger partial charge in [-0.15, -0.1) is 0 Å². The number of nitrogens with one attached hydrogen (secondary N) is 2. The Hall–Kier alpha value is -3.63. The molecular weight excluding hydrogens is 504 g/mol. The number of carbonyl (C=O) groups is 5. The van der Waals surface area contributed by atoms with E-state index in [0.717, 1.165) is 5.56 Å². The van der Waals surface area contributed by atoms with Gasteiger partial charge in [0.15, 0.2) is 0 Å². The van der Waals surface area contributed by atoms with Crippen LogP contribution >= 0.6 is 0 Å². The van der Waals surface area contributed by atoms with Crippen LogP contribution in [0.4, 0.5) is 4.79 Å². The maximum absolute atomic E-state index is 14.2. The van der Waals surface area contributed by atoms with E-state index in [0.29, 0.717) is 12.0 Å². The van der Waals surface area contributed by atoms with Crippen LogP contribution in [-0.4, -0.2) is 65.0 Å². The summed E-state index contributed by atoms with van der Waals surface area (Å²) in [6.45, 7) is 14.2. The van der Waals surface area contributed by atoms with Crippen molar-refractivity contribution in [1.82, 2.24) is 15.5 Å². The Morgan fingerprint density at radius 2 is 1.69 bits per heavy atom. The lowest BCUT2D eigenvalue weighted by molar-refractivity contribution is -0.150. The van der Waals surface area contributed by atoms with E-state index < -0.39 is 59.4 Å². The number of esters is 1. The third kappa shape index (κ3) is 10.9. The van der Waals surface area contributed by atoms with E-state index in [1.54, 1.807) is 59.7 Å². The number of hydrogen-bond acceptors (Lipinski definition) is 7. The summed E-state index contributed by atoms with van der Waals surface area (Å²) in [5.41, 5.74) is 5.06. The highest BCUT2D eigenvalue weighted by Gasteiger charge is 2.43. The summed E-state index contributed by atoms with van der Waals surface area (Å²) in [5, 5.41) is 5.20. The van der Waals surface area contributed by atoms with Crippen molar-refractivity contribution in [3.05, 3.63) is 35.4 Å². The summed E-state index contributed by atoms with van der Waals surface area (Å²) in [5.74, 6) is -2.49. The Kier molecular flexibility index (Phi) is 12.4. The lowest BCUT2D eigenvalue weighted by Crippen LogP contribution is -2.60. The number of primary amides is 1. The Morgan fingerprint density at radius 3 is 2.21 bits per heavy atom. The first-order valence-corrected chi connectivity index (χ1v) is 13.1. The van der Waals surface area contributed by atoms with Gasteiger partial charge < -0.3 is 30.7 Å². The number of ether oxygens (including phenoxy) is 2. The van der Waals surface area contributed by atoms with Crippen LogP contribution in [0.1, 0.15) is 84.9 Å². The minimum absolute atomic E-state index is 0.00452. The minimum atomic E-state index is -1.39. The van der Waals surface area contributed by atoms with Gasteiger partial charge in [-0.2, -0.15) is 0 Å². The van der Waals surface area contributed by atoms with Gasteiger partial charge in [-0.05, 0) is 60.5 Å². The van der Waals surface area contributed by atoms with E-state index in [-0.39, 0.29) is 19.6 Å². The number of nitrogens with zero attached hydrogens (tertiary/aromatic N) is 1. The molecule has 0 aromatic heterocycles. The molecule has 1 rings (SSSR count). The molecule has 4 N–H and O–H groups in total. The molecule has 2 unspecified atom stereocenters. The summed E-state index contributed by atoms with van der Waals surface area (Å²) in [6.07, 6.45) is -1.01. The van der Waals surface area contributed by atoms with Crippen molar-refractivity contribution in [2.75, 3.05) is 13.2 Å². The second-order valence-electron chi connectivity index (χ2n) is 10.9. The van der Waals surface area contributed by atoms with E-state index in [1.165, 1.54) is 4.90 Å². The topological polar surface area (TPSA) is 157 Å². The molecule has 4 amide bonds. The van der Waals surface area contributed by atoms with Gasteiger partial charge in [-0.3, -0.25) is 19.2 Å². The molecule has 1 aromatic rings. The lowest BCUT2D eigenvalue weighted by Gasteiger charge is -2.44. The number of nitrogens with two attached hydrogens (primary N) is 1. The highest BCUT2D eigenvalue weighted by molar-refractivity contribution is 5.95. The second kappa shape index (κ2) is 14.5. The number of aryl methyl sites for hydroxylation is 1. The molecule has 0 fully saturated rings. The summed E-state index contributed by atoms with van der Waals surface area (Å²) in [4.78, 5) is 65.6. The molecule has 11 heteroatoms. The van der Waals surface area contributed by atoms with Crippen molar-refractivity contribution in [3.8, 4) is 0 Å². The Bertz CT molecular complexity index is 1030. The van der Waals surface area contributed by atoms with Gasteiger partial charge in [0.2, 0.25) is 17.7 Å². The van der Waals surface area contributed by atoms with Crippen molar-refractivity contribution in [3.63, 3.8) is 0 Å². The monoisotopic (exact) mass is 548 g/mol. The third-order valence-electron chi connectivity index (χ3n) is 5.95. The van der Waals surface area contributed by atoms with Gasteiger partial charge >= 0.3 is 12.1 Å². The molecule has 1 aromatic carbocycles. The fraction of sp³-hybridized carbons (Fsp3) is 0.607. The average Bonchev–Trinajstić information content (AvgIpc) is 2.80. The smallest absolute Gasteiger partial charge is 0.408 e. The molecule has 0 radical (unpaired) electrons. The van der Waals surface area contributed by atoms with Crippen LogP contribution in [0.25, 0.3) is 0 Å². The zero-order valence-electron chi connectivity index (χ0n) is 24.4. The molecule has 39 heavy (non-hydrogen) atoms. The fourth-order valence-corrected chi connectivity index (χ4v) is 3.84. The molecule has 218 valence electrons. The van der Waals surface area contributed by atoms with Crippen molar-refractivity contribution in [2.45, 2.75) is 97.9 Å². The van der Waals surface area contributed by atoms with Crippen molar-refractivity contribution in [1.29, 1.82) is 0 Å². The third-order valence-corrected chi connectivity index (χ3v) is 5.95. The maximum Gasteiger partial charge on any atom is 0.408 e. The molecule has 11 nitrogen and oxygen atoms in total. The molecular formula is C28H44N4O7. The normalized spacial score (nSPS) is 13.0. The number of amides is 4. The molecule has 0 aliphatic heterocycles. The van der Waals surface area contributed by atoms with Gasteiger partial charge in [-0.1, -0.05) is 36.8 Å². The molecule has 0 aliphatic carbocycles. The first-order valence-electron chi connectivity index (χ1n) is 13.1. The van der Waals surface area contributed by atoms with Gasteiger partial charge in [0.1, 0.15) is 17.7 Å².